The number of sulfonamides is 1. The molecule has 14 heavy (non-hydrogen) atoms. The molecule has 0 spiro atoms. The van der Waals surface area contributed by atoms with Gasteiger partial charge in [0.1, 0.15) is 17.3 Å². The summed E-state index contributed by atoms with van der Waals surface area (Å²) in [6.07, 6.45) is 4.98. The molecule has 0 saturated carbocycles. The lowest BCUT2D eigenvalue weighted by atomic mass is 10.3. The lowest BCUT2D eigenvalue weighted by Gasteiger charge is -2.06. The van der Waals surface area contributed by atoms with E-state index < -0.39 is 10.0 Å². The highest BCUT2D eigenvalue weighted by atomic mass is 32.2. The van der Waals surface area contributed by atoms with E-state index in [1.807, 2.05) is 0 Å². The third-order valence-corrected chi connectivity index (χ3v) is 2.42. The van der Waals surface area contributed by atoms with Gasteiger partial charge in [0.15, 0.2) is 0 Å². The highest BCUT2D eigenvalue weighted by Gasteiger charge is 2.13. The van der Waals surface area contributed by atoms with Gasteiger partial charge in [-0.2, -0.15) is 0 Å². The Balaban J connectivity index is 3.12. The molecule has 0 aliphatic heterocycles. The monoisotopic (exact) mass is 211 g/mol. The number of hydrogen-bond donors (Lipinski definition) is 1. The van der Waals surface area contributed by atoms with Gasteiger partial charge in [-0.1, -0.05) is 18.1 Å². The van der Waals surface area contributed by atoms with E-state index in [1.54, 1.807) is 12.1 Å². The van der Waals surface area contributed by atoms with Crippen molar-refractivity contribution >= 4 is 10.0 Å². The fourth-order valence-corrected chi connectivity index (χ4v) is 1.60. The minimum Gasteiger partial charge on any atom is -0.480 e. The molecular weight excluding hydrogens is 202 g/mol. The summed E-state index contributed by atoms with van der Waals surface area (Å²) in [5, 5.41) is 4.97. The van der Waals surface area contributed by atoms with Gasteiger partial charge in [0.25, 0.3) is 0 Å². The molecule has 0 heterocycles. The van der Waals surface area contributed by atoms with E-state index in [4.69, 9.17) is 16.3 Å². The van der Waals surface area contributed by atoms with Gasteiger partial charge >= 0.3 is 0 Å². The average Bonchev–Trinajstić information content (AvgIpc) is 2.14. The van der Waals surface area contributed by atoms with Crippen LogP contribution in [0.2, 0.25) is 0 Å². The molecule has 0 atom stereocenters. The van der Waals surface area contributed by atoms with Crippen molar-refractivity contribution in [2.24, 2.45) is 5.14 Å². The predicted molar refractivity (Wildman–Crippen MR) is 52.1 cm³/mol. The number of terminal acetylenes is 1. The van der Waals surface area contributed by atoms with Crippen molar-refractivity contribution in [1.82, 2.24) is 0 Å². The van der Waals surface area contributed by atoms with Crippen molar-refractivity contribution in [3.05, 3.63) is 24.3 Å². The van der Waals surface area contributed by atoms with Crippen LogP contribution in [0.5, 0.6) is 5.75 Å². The average molecular weight is 211 g/mol. The largest absolute Gasteiger partial charge is 0.480 e. The summed E-state index contributed by atoms with van der Waals surface area (Å²) >= 11 is 0. The number of primary sulfonamides is 1. The van der Waals surface area contributed by atoms with E-state index in [0.29, 0.717) is 0 Å². The lowest BCUT2D eigenvalue weighted by molar-refractivity contribution is 0.360. The molecule has 4 nitrogen and oxygen atoms in total. The maximum atomic E-state index is 11.1. The second kappa shape index (κ2) is 4.13. The van der Waals surface area contributed by atoms with Crippen LogP contribution in [0.1, 0.15) is 0 Å². The third-order valence-electron chi connectivity index (χ3n) is 1.47. The van der Waals surface area contributed by atoms with Crippen LogP contribution in [-0.4, -0.2) is 15.0 Å². The smallest absolute Gasteiger partial charge is 0.241 e. The Hall–Kier alpha value is -1.51. The molecule has 0 fully saturated rings. The molecule has 1 aromatic carbocycles. The van der Waals surface area contributed by atoms with Crippen molar-refractivity contribution in [3.63, 3.8) is 0 Å². The molecular formula is C9H9NO3S. The molecule has 0 saturated heterocycles. The van der Waals surface area contributed by atoms with Crippen molar-refractivity contribution in [2.75, 3.05) is 6.61 Å². The van der Waals surface area contributed by atoms with Crippen LogP contribution in [0.25, 0.3) is 0 Å². The van der Waals surface area contributed by atoms with Crippen LogP contribution in [0.4, 0.5) is 0 Å². The zero-order valence-electron chi connectivity index (χ0n) is 7.30. The van der Waals surface area contributed by atoms with Crippen LogP contribution in [0, 0.1) is 12.3 Å². The van der Waals surface area contributed by atoms with Gasteiger partial charge in [-0.05, 0) is 12.1 Å². The number of benzene rings is 1. The molecule has 0 aromatic heterocycles. The number of para-hydroxylation sites is 1. The van der Waals surface area contributed by atoms with Gasteiger partial charge in [-0.15, -0.1) is 6.42 Å². The molecule has 0 aliphatic carbocycles. The van der Waals surface area contributed by atoms with E-state index in [9.17, 15) is 8.42 Å². The second-order valence-corrected chi connectivity index (χ2v) is 4.01. The van der Waals surface area contributed by atoms with Crippen LogP contribution in [0.3, 0.4) is 0 Å². The Morgan fingerprint density at radius 2 is 2.07 bits per heavy atom. The topological polar surface area (TPSA) is 69.4 Å². The first kappa shape index (κ1) is 10.6. The maximum absolute atomic E-state index is 11.1. The van der Waals surface area contributed by atoms with Crippen LogP contribution in [-0.2, 0) is 10.0 Å². The first-order valence-corrected chi connectivity index (χ1v) is 5.28. The summed E-state index contributed by atoms with van der Waals surface area (Å²) in [6.45, 7) is 0.00648. The Labute approximate surface area is 82.7 Å². The molecule has 1 rings (SSSR count). The summed E-state index contributed by atoms with van der Waals surface area (Å²) in [4.78, 5) is -0.0600. The third kappa shape index (κ3) is 2.49. The van der Waals surface area contributed by atoms with E-state index in [2.05, 4.69) is 5.92 Å². The van der Waals surface area contributed by atoms with Crippen LogP contribution < -0.4 is 9.88 Å². The predicted octanol–water partition coefficient (Wildman–Crippen LogP) is 0.346. The molecule has 0 unspecified atom stereocenters. The summed E-state index contributed by atoms with van der Waals surface area (Å²) in [6, 6.07) is 6.06. The van der Waals surface area contributed by atoms with Gasteiger partial charge in [0, 0.05) is 0 Å². The summed E-state index contributed by atoms with van der Waals surface area (Å²) in [7, 11) is -3.76. The second-order valence-electron chi connectivity index (χ2n) is 2.48. The number of nitrogens with two attached hydrogens (primary N) is 1. The molecule has 0 bridgehead atoms. The molecule has 74 valence electrons. The Bertz CT molecular complexity index is 459. The minimum absolute atomic E-state index is 0.00648. The van der Waals surface area contributed by atoms with Crippen molar-refractivity contribution in [3.8, 4) is 18.1 Å². The SMILES string of the molecule is C#CCOc1ccccc1S(N)(=O)=O. The summed E-state index contributed by atoms with van der Waals surface area (Å²) < 4.78 is 27.1. The van der Waals surface area contributed by atoms with Gasteiger partial charge in [0.05, 0.1) is 0 Å². The van der Waals surface area contributed by atoms with Crippen LogP contribution >= 0.6 is 0 Å². The molecule has 5 heteroatoms. The number of ether oxygens (including phenoxy) is 1. The highest BCUT2D eigenvalue weighted by molar-refractivity contribution is 7.89. The lowest BCUT2D eigenvalue weighted by Crippen LogP contribution is -2.13. The minimum atomic E-state index is -3.76. The first-order chi connectivity index (χ1) is 6.55. The van der Waals surface area contributed by atoms with E-state index in [0.717, 1.165) is 0 Å². The van der Waals surface area contributed by atoms with E-state index in [-0.39, 0.29) is 17.3 Å². The molecule has 1 aromatic rings. The van der Waals surface area contributed by atoms with Crippen LogP contribution in [0.15, 0.2) is 29.2 Å². The summed E-state index contributed by atoms with van der Waals surface area (Å²) in [5.41, 5.74) is 0. The standard InChI is InChI=1S/C9H9NO3S/c1-2-7-13-8-5-3-4-6-9(8)14(10,11)12/h1,3-6H,7H2,(H2,10,11,12). The summed E-state index contributed by atoms with van der Waals surface area (Å²) in [5.74, 6) is 2.41. The molecule has 0 radical (unpaired) electrons. The Kier molecular flexibility index (Phi) is 3.12. The van der Waals surface area contributed by atoms with Gasteiger partial charge < -0.3 is 4.74 Å². The first-order valence-electron chi connectivity index (χ1n) is 3.74. The van der Waals surface area contributed by atoms with Gasteiger partial charge in [-0.3, -0.25) is 0 Å². The van der Waals surface area contributed by atoms with Crippen molar-refractivity contribution in [2.45, 2.75) is 4.90 Å². The van der Waals surface area contributed by atoms with E-state index >= 15 is 0 Å². The number of hydrogen-bond acceptors (Lipinski definition) is 3. The Morgan fingerprint density at radius 1 is 1.43 bits per heavy atom. The quantitative estimate of drug-likeness (QED) is 0.733. The number of rotatable bonds is 3. The molecule has 0 amide bonds. The van der Waals surface area contributed by atoms with E-state index in [1.165, 1.54) is 12.1 Å². The van der Waals surface area contributed by atoms with Gasteiger partial charge in [0.2, 0.25) is 10.0 Å². The fraction of sp³-hybridized carbons (Fsp3) is 0.111. The van der Waals surface area contributed by atoms with Crippen molar-refractivity contribution < 1.29 is 13.2 Å². The van der Waals surface area contributed by atoms with Gasteiger partial charge in [-0.25, -0.2) is 13.6 Å². The fourth-order valence-electron chi connectivity index (χ4n) is 0.924. The molecule has 2 N–H and O–H groups in total. The van der Waals surface area contributed by atoms with Crippen molar-refractivity contribution in [1.29, 1.82) is 0 Å². The normalized spacial score (nSPS) is 10.6. The Morgan fingerprint density at radius 3 is 2.64 bits per heavy atom. The molecule has 0 aliphatic rings. The zero-order valence-corrected chi connectivity index (χ0v) is 8.12. The zero-order chi connectivity index (χ0) is 10.6. The maximum Gasteiger partial charge on any atom is 0.241 e. The highest BCUT2D eigenvalue weighted by Crippen LogP contribution is 2.21.